The number of carbonyl (C=O) groups excluding carboxylic acids is 2. The van der Waals surface area contributed by atoms with Crippen LogP contribution >= 0.6 is 0 Å². The Kier molecular flexibility index (Phi) is 7.86. The van der Waals surface area contributed by atoms with Gasteiger partial charge in [-0.3, -0.25) is 19.0 Å². The average molecular weight is 527 g/mol. The molecule has 2 heterocycles. The molecule has 4 aromatic rings. The van der Waals surface area contributed by atoms with Gasteiger partial charge in [0, 0.05) is 12.1 Å². The van der Waals surface area contributed by atoms with Crippen molar-refractivity contribution in [2.24, 2.45) is 0 Å². The van der Waals surface area contributed by atoms with Crippen molar-refractivity contribution in [3.8, 4) is 5.69 Å². The molecule has 2 aromatic carbocycles. The number of nitrogens with one attached hydrogen (secondary N) is 2. The van der Waals surface area contributed by atoms with Crippen LogP contribution in [0.2, 0.25) is 0 Å². The van der Waals surface area contributed by atoms with Crippen molar-refractivity contribution < 1.29 is 14.0 Å². The van der Waals surface area contributed by atoms with Gasteiger partial charge in [-0.05, 0) is 74.6 Å². The highest BCUT2D eigenvalue weighted by Crippen LogP contribution is 2.19. The molecule has 0 bridgehead atoms. The lowest BCUT2D eigenvalue weighted by molar-refractivity contribution is -0.121. The zero-order valence-corrected chi connectivity index (χ0v) is 21.5. The number of allylic oxidation sites excluding steroid dienone is 1. The zero-order chi connectivity index (χ0) is 27.2. The van der Waals surface area contributed by atoms with Gasteiger partial charge >= 0.3 is 5.69 Å². The summed E-state index contributed by atoms with van der Waals surface area (Å²) < 4.78 is 7.57. The topological polar surface area (TPSA) is 115 Å². The van der Waals surface area contributed by atoms with Gasteiger partial charge in [0.25, 0.3) is 11.5 Å². The van der Waals surface area contributed by atoms with Crippen molar-refractivity contribution in [1.82, 2.24) is 19.8 Å². The quantitative estimate of drug-likeness (QED) is 0.323. The lowest BCUT2D eigenvalue weighted by Gasteiger charge is -2.16. The molecule has 200 valence electrons. The second kappa shape index (κ2) is 11.8. The Morgan fingerprint density at radius 3 is 2.54 bits per heavy atom. The number of nitrogens with zero attached hydrogens (tertiary/aromatic N) is 2. The average Bonchev–Trinajstić information content (AvgIpc) is 3.49. The molecule has 0 radical (unpaired) electrons. The number of benzene rings is 2. The number of rotatable bonds is 9. The summed E-state index contributed by atoms with van der Waals surface area (Å²) in [6.07, 6.45) is 9.01. The Morgan fingerprint density at radius 2 is 1.79 bits per heavy atom. The third-order valence-electron chi connectivity index (χ3n) is 6.88. The molecule has 2 N–H and O–H groups in total. The van der Waals surface area contributed by atoms with Crippen molar-refractivity contribution in [3.63, 3.8) is 0 Å². The smallest absolute Gasteiger partial charge is 0.336 e. The molecule has 0 atom stereocenters. The third-order valence-corrected chi connectivity index (χ3v) is 6.88. The first kappa shape index (κ1) is 26.0. The van der Waals surface area contributed by atoms with Crippen molar-refractivity contribution in [3.05, 3.63) is 111 Å². The van der Waals surface area contributed by atoms with E-state index in [0.29, 0.717) is 18.0 Å². The molecule has 0 saturated carbocycles. The summed E-state index contributed by atoms with van der Waals surface area (Å²) in [4.78, 5) is 52.9. The normalized spacial score (nSPS) is 13.2. The second-order valence-electron chi connectivity index (χ2n) is 9.55. The molecular weight excluding hydrogens is 496 g/mol. The fourth-order valence-corrected chi connectivity index (χ4v) is 4.84. The van der Waals surface area contributed by atoms with Gasteiger partial charge in [-0.15, -0.1) is 0 Å². The standard InChI is InChI=1S/C30H30N4O5/c35-27(31-16-15-21-8-3-1-4-9-21)20-33-26-18-22(28(36)32-19-24-12-7-17-39-24)13-14-25(26)29(37)34(30(33)38)23-10-5-2-6-11-23/h2,5-8,10-14,17-18H,1,3-4,9,15-16,19-20H2,(H,31,35)(H,32,36). The summed E-state index contributed by atoms with van der Waals surface area (Å²) in [5, 5.41) is 5.89. The molecule has 1 aliphatic rings. The molecule has 2 aromatic heterocycles. The molecule has 0 spiro atoms. The molecule has 2 amide bonds. The van der Waals surface area contributed by atoms with E-state index in [0.717, 1.165) is 23.8 Å². The van der Waals surface area contributed by atoms with E-state index >= 15 is 0 Å². The van der Waals surface area contributed by atoms with Crippen LogP contribution in [0.5, 0.6) is 0 Å². The number of fused-ring (bicyclic) bond motifs is 1. The van der Waals surface area contributed by atoms with Gasteiger partial charge in [-0.1, -0.05) is 29.8 Å². The summed E-state index contributed by atoms with van der Waals surface area (Å²) in [5.74, 6) is -0.155. The van der Waals surface area contributed by atoms with Gasteiger partial charge < -0.3 is 15.1 Å². The third kappa shape index (κ3) is 5.93. The lowest BCUT2D eigenvalue weighted by Crippen LogP contribution is -2.42. The van der Waals surface area contributed by atoms with Crippen molar-refractivity contribution in [2.45, 2.75) is 45.2 Å². The highest BCUT2D eigenvalue weighted by Gasteiger charge is 2.18. The Bertz CT molecular complexity index is 1630. The van der Waals surface area contributed by atoms with E-state index in [-0.39, 0.29) is 35.5 Å². The van der Waals surface area contributed by atoms with E-state index in [2.05, 4.69) is 16.7 Å². The molecule has 9 nitrogen and oxygen atoms in total. The van der Waals surface area contributed by atoms with Gasteiger partial charge in [0.05, 0.1) is 29.4 Å². The minimum absolute atomic E-state index is 0.186. The summed E-state index contributed by atoms with van der Waals surface area (Å²) >= 11 is 0. The maximum Gasteiger partial charge on any atom is 0.336 e. The minimum Gasteiger partial charge on any atom is -0.467 e. The monoisotopic (exact) mass is 526 g/mol. The van der Waals surface area contributed by atoms with Gasteiger partial charge in [0.15, 0.2) is 0 Å². The van der Waals surface area contributed by atoms with Crippen LogP contribution in [0.4, 0.5) is 0 Å². The number of hydrogen-bond acceptors (Lipinski definition) is 5. The van der Waals surface area contributed by atoms with Gasteiger partial charge in [-0.25, -0.2) is 9.36 Å². The van der Waals surface area contributed by atoms with Crippen LogP contribution in [0.15, 0.2) is 92.6 Å². The number of amides is 2. The molecule has 0 saturated heterocycles. The predicted molar refractivity (Wildman–Crippen MR) is 148 cm³/mol. The van der Waals surface area contributed by atoms with Crippen LogP contribution in [0, 0.1) is 0 Å². The first-order valence-electron chi connectivity index (χ1n) is 13.1. The van der Waals surface area contributed by atoms with Crippen molar-refractivity contribution in [1.29, 1.82) is 0 Å². The number of carbonyl (C=O) groups is 2. The Morgan fingerprint density at radius 1 is 0.949 bits per heavy atom. The van der Waals surface area contributed by atoms with E-state index in [1.165, 1.54) is 47.4 Å². The van der Waals surface area contributed by atoms with Crippen LogP contribution in [0.1, 0.15) is 48.2 Å². The predicted octanol–water partition coefficient (Wildman–Crippen LogP) is 3.68. The number of aromatic nitrogens is 2. The highest BCUT2D eigenvalue weighted by molar-refractivity contribution is 5.98. The molecule has 5 rings (SSSR count). The molecule has 0 fully saturated rings. The van der Waals surface area contributed by atoms with Crippen LogP contribution in [0.3, 0.4) is 0 Å². The van der Waals surface area contributed by atoms with Crippen LogP contribution in [0.25, 0.3) is 16.6 Å². The molecule has 9 heteroatoms. The molecule has 0 unspecified atom stereocenters. The van der Waals surface area contributed by atoms with E-state index in [1.54, 1.807) is 42.5 Å². The van der Waals surface area contributed by atoms with Crippen LogP contribution in [-0.4, -0.2) is 27.5 Å². The highest BCUT2D eigenvalue weighted by atomic mass is 16.3. The van der Waals surface area contributed by atoms with Crippen molar-refractivity contribution in [2.75, 3.05) is 6.54 Å². The molecule has 1 aliphatic carbocycles. The number of para-hydroxylation sites is 1. The van der Waals surface area contributed by atoms with E-state index in [9.17, 15) is 19.2 Å². The molecule has 39 heavy (non-hydrogen) atoms. The van der Waals surface area contributed by atoms with Crippen molar-refractivity contribution >= 4 is 22.7 Å². The fourth-order valence-electron chi connectivity index (χ4n) is 4.84. The number of hydrogen-bond donors (Lipinski definition) is 2. The summed E-state index contributed by atoms with van der Waals surface area (Å²) in [6, 6.07) is 16.6. The second-order valence-corrected chi connectivity index (χ2v) is 9.55. The first-order chi connectivity index (χ1) is 19.0. The first-order valence-corrected chi connectivity index (χ1v) is 13.1. The maximum atomic E-state index is 13.6. The summed E-state index contributed by atoms with van der Waals surface area (Å²) in [5.41, 5.74) is 1.03. The maximum absolute atomic E-state index is 13.6. The Hall–Kier alpha value is -4.66. The van der Waals surface area contributed by atoms with Crippen LogP contribution < -0.4 is 21.9 Å². The van der Waals surface area contributed by atoms with Gasteiger partial charge in [0.1, 0.15) is 12.3 Å². The number of furan rings is 1. The molecule has 0 aliphatic heterocycles. The van der Waals surface area contributed by atoms with Crippen LogP contribution in [-0.2, 0) is 17.9 Å². The fraction of sp³-hybridized carbons (Fsp3) is 0.267. The van der Waals surface area contributed by atoms with Gasteiger partial charge in [0.2, 0.25) is 5.91 Å². The summed E-state index contributed by atoms with van der Waals surface area (Å²) in [6.45, 7) is 0.361. The van der Waals surface area contributed by atoms with Gasteiger partial charge in [-0.2, -0.15) is 0 Å². The minimum atomic E-state index is -0.656. The largest absolute Gasteiger partial charge is 0.467 e. The lowest BCUT2D eigenvalue weighted by atomic mass is 9.97. The van der Waals surface area contributed by atoms with E-state index in [4.69, 9.17) is 4.42 Å². The zero-order valence-electron chi connectivity index (χ0n) is 21.5. The van der Waals surface area contributed by atoms with E-state index in [1.807, 2.05) is 0 Å². The van der Waals surface area contributed by atoms with E-state index < -0.39 is 17.2 Å². The summed E-state index contributed by atoms with van der Waals surface area (Å²) in [7, 11) is 0. The SMILES string of the molecule is O=C(Cn1c(=O)n(-c2ccccc2)c(=O)c2ccc(C(=O)NCc3ccco3)cc21)NCCC1=CCCCC1. The Labute approximate surface area is 224 Å². The Balaban J connectivity index is 1.47. The molecular formula is C30H30N4O5.